The van der Waals surface area contributed by atoms with E-state index >= 15 is 0 Å². The fourth-order valence-electron chi connectivity index (χ4n) is 2.31. The van der Waals surface area contributed by atoms with Gasteiger partial charge in [-0.3, -0.25) is 4.79 Å². The Morgan fingerprint density at radius 2 is 1.86 bits per heavy atom. The first-order valence-corrected chi connectivity index (χ1v) is 7.74. The van der Waals surface area contributed by atoms with E-state index in [0.29, 0.717) is 19.6 Å². The van der Waals surface area contributed by atoms with Crippen LogP contribution in [0.4, 0.5) is 0 Å². The van der Waals surface area contributed by atoms with Crippen LogP contribution in [0.15, 0.2) is 23.3 Å². The molecule has 0 aromatic rings. The Kier molecular flexibility index (Phi) is 7.79. The second-order valence-electron chi connectivity index (χ2n) is 5.84. The number of allylic oxidation sites excluding steroid dienone is 2. The van der Waals surface area contributed by atoms with Gasteiger partial charge in [0.1, 0.15) is 0 Å². The molecule has 1 fully saturated rings. The minimum absolute atomic E-state index is 0.102. The minimum atomic E-state index is -0.865. The van der Waals surface area contributed by atoms with Gasteiger partial charge in [-0.2, -0.15) is 0 Å². The maximum atomic E-state index is 11.3. The number of ether oxygens (including phenoxy) is 3. The summed E-state index contributed by atoms with van der Waals surface area (Å²) >= 11 is 0. The predicted molar refractivity (Wildman–Crippen MR) is 84.3 cm³/mol. The van der Waals surface area contributed by atoms with Crippen LogP contribution in [0.2, 0.25) is 0 Å². The van der Waals surface area contributed by atoms with E-state index in [0.717, 1.165) is 18.4 Å². The lowest BCUT2D eigenvalue weighted by molar-refractivity contribution is -0.220. The molecule has 0 bridgehead atoms. The first-order valence-electron chi connectivity index (χ1n) is 7.74. The van der Waals surface area contributed by atoms with Crippen LogP contribution >= 0.6 is 0 Å². The summed E-state index contributed by atoms with van der Waals surface area (Å²) in [5.74, 6) is -1.20. The van der Waals surface area contributed by atoms with Crippen LogP contribution in [-0.2, 0) is 19.0 Å². The van der Waals surface area contributed by atoms with E-state index in [1.54, 1.807) is 0 Å². The molecule has 0 aromatic heterocycles. The van der Waals surface area contributed by atoms with E-state index in [4.69, 9.17) is 19.3 Å². The van der Waals surface area contributed by atoms with Crippen LogP contribution in [-0.4, -0.2) is 42.8 Å². The second-order valence-corrected chi connectivity index (χ2v) is 5.84. The van der Waals surface area contributed by atoms with Crippen LogP contribution in [0.5, 0.6) is 0 Å². The Morgan fingerprint density at radius 1 is 1.23 bits per heavy atom. The molecule has 126 valence electrons. The maximum absolute atomic E-state index is 11.3. The number of esters is 1. The molecule has 1 rings (SSSR count). The van der Waals surface area contributed by atoms with Crippen LogP contribution in [0.3, 0.4) is 0 Å². The molecule has 22 heavy (non-hydrogen) atoms. The SMILES string of the molecule is CC(=O)OC(CC=C(C)CCC=C(C)CO)C1(C)OCCO1. The van der Waals surface area contributed by atoms with Crippen LogP contribution in [0.1, 0.15) is 47.0 Å². The summed E-state index contributed by atoms with van der Waals surface area (Å²) in [5, 5.41) is 8.95. The normalized spacial score (nSPS) is 20.0. The van der Waals surface area contributed by atoms with E-state index in [9.17, 15) is 4.79 Å². The van der Waals surface area contributed by atoms with Gasteiger partial charge in [-0.25, -0.2) is 0 Å². The summed E-state index contributed by atoms with van der Waals surface area (Å²) in [6, 6.07) is 0. The number of hydrogen-bond donors (Lipinski definition) is 1. The zero-order valence-electron chi connectivity index (χ0n) is 14.1. The smallest absolute Gasteiger partial charge is 0.303 e. The molecule has 1 unspecified atom stereocenters. The van der Waals surface area contributed by atoms with Gasteiger partial charge in [0.25, 0.3) is 0 Å². The summed E-state index contributed by atoms with van der Waals surface area (Å²) in [6.45, 7) is 8.29. The van der Waals surface area contributed by atoms with Crippen LogP contribution in [0, 0.1) is 0 Å². The molecule has 1 saturated heterocycles. The standard InChI is InChI=1S/C17H28O5/c1-13(6-5-7-14(2)12-18)8-9-16(22-15(3)19)17(4)20-10-11-21-17/h7-8,16,18H,5-6,9-12H2,1-4H3. The summed E-state index contributed by atoms with van der Waals surface area (Å²) in [7, 11) is 0. The lowest BCUT2D eigenvalue weighted by Gasteiger charge is -2.30. The van der Waals surface area contributed by atoms with Gasteiger partial charge in [0.05, 0.1) is 19.8 Å². The maximum Gasteiger partial charge on any atom is 0.303 e. The zero-order chi connectivity index (χ0) is 16.6. The third kappa shape index (κ3) is 6.30. The zero-order valence-corrected chi connectivity index (χ0v) is 14.1. The molecular weight excluding hydrogens is 284 g/mol. The average Bonchev–Trinajstić information content (AvgIpc) is 2.90. The highest BCUT2D eigenvalue weighted by molar-refractivity contribution is 5.66. The fraction of sp³-hybridized carbons (Fsp3) is 0.706. The first kappa shape index (κ1) is 18.9. The summed E-state index contributed by atoms with van der Waals surface area (Å²) in [6.07, 6.45) is 6.00. The molecule has 5 nitrogen and oxygen atoms in total. The summed E-state index contributed by atoms with van der Waals surface area (Å²) in [4.78, 5) is 11.3. The summed E-state index contributed by atoms with van der Waals surface area (Å²) in [5.41, 5.74) is 2.19. The van der Waals surface area contributed by atoms with Gasteiger partial charge in [-0.1, -0.05) is 23.3 Å². The van der Waals surface area contributed by atoms with Crippen molar-refractivity contribution in [3.8, 4) is 0 Å². The molecule has 1 N–H and O–H groups in total. The Labute approximate surface area is 132 Å². The molecule has 0 saturated carbocycles. The third-order valence-electron chi connectivity index (χ3n) is 3.72. The molecule has 0 radical (unpaired) electrons. The average molecular weight is 312 g/mol. The van der Waals surface area contributed by atoms with Crippen LogP contribution < -0.4 is 0 Å². The monoisotopic (exact) mass is 312 g/mol. The Bertz CT molecular complexity index is 419. The van der Waals surface area contributed by atoms with E-state index in [1.165, 1.54) is 12.5 Å². The molecular formula is C17H28O5. The van der Waals surface area contributed by atoms with Crippen LogP contribution in [0.25, 0.3) is 0 Å². The molecule has 5 heteroatoms. The number of hydrogen-bond acceptors (Lipinski definition) is 5. The molecule has 0 spiro atoms. The highest BCUT2D eigenvalue weighted by atomic mass is 16.8. The van der Waals surface area contributed by atoms with Crippen molar-refractivity contribution < 1.29 is 24.1 Å². The third-order valence-corrected chi connectivity index (χ3v) is 3.72. The molecule has 1 heterocycles. The van der Waals surface area contributed by atoms with Gasteiger partial charge >= 0.3 is 5.97 Å². The largest absolute Gasteiger partial charge is 0.456 e. The topological polar surface area (TPSA) is 65.0 Å². The quantitative estimate of drug-likeness (QED) is 0.551. The van der Waals surface area contributed by atoms with Crippen molar-refractivity contribution in [3.05, 3.63) is 23.3 Å². The highest BCUT2D eigenvalue weighted by Crippen LogP contribution is 2.28. The lowest BCUT2D eigenvalue weighted by atomic mass is 10.0. The number of aliphatic hydroxyl groups excluding tert-OH is 1. The Hall–Kier alpha value is -1.17. The van der Waals surface area contributed by atoms with Gasteiger partial charge in [0.2, 0.25) is 5.79 Å². The molecule has 1 aliphatic rings. The molecule has 0 aromatic carbocycles. The van der Waals surface area contributed by atoms with Crippen molar-refractivity contribution in [2.24, 2.45) is 0 Å². The van der Waals surface area contributed by atoms with Gasteiger partial charge < -0.3 is 19.3 Å². The van der Waals surface area contributed by atoms with Crippen molar-refractivity contribution in [2.75, 3.05) is 19.8 Å². The van der Waals surface area contributed by atoms with Crippen molar-refractivity contribution in [2.45, 2.75) is 58.8 Å². The fourth-order valence-corrected chi connectivity index (χ4v) is 2.31. The van der Waals surface area contributed by atoms with Gasteiger partial charge in [-0.05, 0) is 33.6 Å². The molecule has 0 aliphatic carbocycles. The van der Waals surface area contributed by atoms with Gasteiger partial charge in [0.15, 0.2) is 6.10 Å². The Balaban J connectivity index is 2.58. The highest BCUT2D eigenvalue weighted by Gasteiger charge is 2.41. The second kappa shape index (κ2) is 9.08. The van der Waals surface area contributed by atoms with Crippen molar-refractivity contribution in [1.29, 1.82) is 0 Å². The van der Waals surface area contributed by atoms with E-state index in [1.807, 2.05) is 26.8 Å². The Morgan fingerprint density at radius 3 is 2.41 bits per heavy atom. The van der Waals surface area contributed by atoms with E-state index in [2.05, 4.69) is 6.08 Å². The molecule has 1 aliphatic heterocycles. The number of carbonyl (C=O) groups excluding carboxylic acids is 1. The van der Waals surface area contributed by atoms with E-state index in [-0.39, 0.29) is 12.6 Å². The van der Waals surface area contributed by atoms with Crippen molar-refractivity contribution in [1.82, 2.24) is 0 Å². The van der Waals surface area contributed by atoms with Gasteiger partial charge in [-0.15, -0.1) is 0 Å². The number of rotatable bonds is 8. The molecule has 0 amide bonds. The molecule has 1 atom stereocenters. The summed E-state index contributed by atoms with van der Waals surface area (Å²) < 4.78 is 16.6. The first-order chi connectivity index (χ1) is 10.4. The van der Waals surface area contributed by atoms with E-state index < -0.39 is 11.9 Å². The number of aliphatic hydroxyl groups is 1. The minimum Gasteiger partial charge on any atom is -0.456 e. The van der Waals surface area contributed by atoms with Crippen molar-refractivity contribution in [3.63, 3.8) is 0 Å². The predicted octanol–water partition coefficient (Wildman–Crippen LogP) is 2.74. The van der Waals surface area contributed by atoms with Gasteiger partial charge in [0, 0.05) is 13.3 Å². The lowest BCUT2D eigenvalue weighted by Crippen LogP contribution is -2.43. The van der Waals surface area contributed by atoms with Crippen molar-refractivity contribution >= 4 is 5.97 Å². The number of carbonyl (C=O) groups is 1.